The molecular formula is C11H14N2O4S. The van der Waals surface area contributed by atoms with Crippen LogP contribution in [0.3, 0.4) is 0 Å². The number of hydrogen-bond donors (Lipinski definition) is 0. The van der Waals surface area contributed by atoms with Crippen LogP contribution in [0, 0.1) is 5.92 Å². The molecule has 0 spiro atoms. The average Bonchev–Trinajstić information content (AvgIpc) is 2.83. The number of ether oxygens (including phenoxy) is 2. The van der Waals surface area contributed by atoms with Gasteiger partial charge in [0.15, 0.2) is 5.92 Å². The highest BCUT2D eigenvalue weighted by atomic mass is 32.1. The molecular weight excluding hydrogens is 256 g/mol. The molecule has 0 atom stereocenters. The zero-order valence-corrected chi connectivity index (χ0v) is 11.0. The molecule has 1 heterocycles. The number of carbonyl (C=O) groups excluding carboxylic acids is 2. The van der Waals surface area contributed by atoms with Crippen LogP contribution in [0.4, 0.5) is 5.13 Å². The van der Waals surface area contributed by atoms with Crippen molar-refractivity contribution in [3.63, 3.8) is 0 Å². The fourth-order valence-electron chi connectivity index (χ4n) is 1.10. The lowest BCUT2D eigenvalue weighted by Gasteiger charge is -2.09. The Labute approximate surface area is 109 Å². The van der Waals surface area contributed by atoms with Crippen molar-refractivity contribution in [1.82, 2.24) is 4.98 Å². The van der Waals surface area contributed by atoms with Crippen molar-refractivity contribution in [3.05, 3.63) is 11.6 Å². The summed E-state index contributed by atoms with van der Waals surface area (Å²) in [6, 6.07) is 0. The molecule has 0 N–H and O–H groups in total. The molecule has 18 heavy (non-hydrogen) atoms. The van der Waals surface area contributed by atoms with E-state index in [0.29, 0.717) is 5.13 Å². The second kappa shape index (κ2) is 7.54. The van der Waals surface area contributed by atoms with Gasteiger partial charge >= 0.3 is 11.9 Å². The summed E-state index contributed by atoms with van der Waals surface area (Å²) in [6.07, 6.45) is 2.79. The highest BCUT2D eigenvalue weighted by Crippen LogP contribution is 2.15. The first-order valence-corrected chi connectivity index (χ1v) is 6.34. The summed E-state index contributed by atoms with van der Waals surface area (Å²) in [5.74, 6) is -2.48. The lowest BCUT2D eigenvalue weighted by molar-refractivity contribution is -0.157. The summed E-state index contributed by atoms with van der Waals surface area (Å²) >= 11 is 1.30. The van der Waals surface area contributed by atoms with Crippen LogP contribution in [-0.2, 0) is 19.1 Å². The number of rotatable bonds is 6. The fourth-order valence-corrected chi connectivity index (χ4v) is 1.59. The van der Waals surface area contributed by atoms with Crippen molar-refractivity contribution in [2.75, 3.05) is 13.2 Å². The molecule has 0 aliphatic heterocycles. The Balaban J connectivity index is 2.77. The van der Waals surface area contributed by atoms with Crippen LogP contribution >= 0.6 is 11.3 Å². The lowest BCUT2D eigenvalue weighted by atomic mass is 10.2. The van der Waals surface area contributed by atoms with Gasteiger partial charge in [0.25, 0.3) is 0 Å². The SMILES string of the molecule is CCOC(=O)C(C=Nc1nccs1)C(=O)OCC. The minimum Gasteiger partial charge on any atom is -0.465 e. The summed E-state index contributed by atoms with van der Waals surface area (Å²) in [4.78, 5) is 31.0. The van der Waals surface area contributed by atoms with E-state index in [2.05, 4.69) is 9.98 Å². The minimum atomic E-state index is -1.14. The van der Waals surface area contributed by atoms with E-state index in [-0.39, 0.29) is 13.2 Å². The Kier molecular flexibility index (Phi) is 5.99. The molecule has 0 amide bonds. The molecule has 0 aliphatic rings. The quantitative estimate of drug-likeness (QED) is 0.445. The Morgan fingerprint density at radius 1 is 1.39 bits per heavy atom. The van der Waals surface area contributed by atoms with Gasteiger partial charge in [-0.2, -0.15) is 0 Å². The first-order valence-electron chi connectivity index (χ1n) is 5.46. The molecule has 7 heteroatoms. The largest absolute Gasteiger partial charge is 0.465 e. The van der Waals surface area contributed by atoms with Crippen molar-refractivity contribution < 1.29 is 19.1 Å². The van der Waals surface area contributed by atoms with Gasteiger partial charge in [0.05, 0.1) is 13.2 Å². The molecule has 0 saturated carbocycles. The zero-order valence-electron chi connectivity index (χ0n) is 10.2. The summed E-state index contributed by atoms with van der Waals surface area (Å²) in [5.41, 5.74) is 0. The Morgan fingerprint density at radius 2 is 2.00 bits per heavy atom. The Hall–Kier alpha value is -1.76. The van der Waals surface area contributed by atoms with Gasteiger partial charge in [0.2, 0.25) is 5.13 Å². The van der Waals surface area contributed by atoms with Gasteiger partial charge in [-0.15, -0.1) is 11.3 Å². The maximum atomic E-state index is 11.6. The smallest absolute Gasteiger partial charge is 0.325 e. The van der Waals surface area contributed by atoms with Crippen LogP contribution in [0.2, 0.25) is 0 Å². The number of aliphatic imine (C=N–C) groups is 1. The second-order valence-electron chi connectivity index (χ2n) is 3.07. The van der Waals surface area contributed by atoms with E-state index < -0.39 is 17.9 Å². The van der Waals surface area contributed by atoms with Gasteiger partial charge in [0.1, 0.15) is 0 Å². The van der Waals surface area contributed by atoms with Crippen LogP contribution in [0.15, 0.2) is 16.6 Å². The van der Waals surface area contributed by atoms with Crippen LogP contribution in [0.1, 0.15) is 13.8 Å². The van der Waals surface area contributed by atoms with Crippen molar-refractivity contribution >= 4 is 34.6 Å². The molecule has 1 aromatic rings. The van der Waals surface area contributed by atoms with Crippen molar-refractivity contribution in [2.24, 2.45) is 10.9 Å². The van der Waals surface area contributed by atoms with E-state index in [1.807, 2.05) is 0 Å². The van der Waals surface area contributed by atoms with Crippen molar-refractivity contribution in [3.8, 4) is 0 Å². The van der Waals surface area contributed by atoms with E-state index >= 15 is 0 Å². The molecule has 0 radical (unpaired) electrons. The number of thiazole rings is 1. The normalized spacial score (nSPS) is 10.8. The summed E-state index contributed by atoms with van der Waals surface area (Å²) in [7, 11) is 0. The summed E-state index contributed by atoms with van der Waals surface area (Å²) < 4.78 is 9.59. The number of hydrogen-bond acceptors (Lipinski definition) is 7. The van der Waals surface area contributed by atoms with E-state index in [4.69, 9.17) is 9.47 Å². The van der Waals surface area contributed by atoms with Crippen LogP contribution in [-0.4, -0.2) is 36.4 Å². The van der Waals surface area contributed by atoms with E-state index in [1.54, 1.807) is 25.4 Å². The number of nitrogens with zero attached hydrogens (tertiary/aromatic N) is 2. The molecule has 1 aromatic heterocycles. The Morgan fingerprint density at radius 3 is 2.44 bits per heavy atom. The van der Waals surface area contributed by atoms with Gasteiger partial charge in [-0.25, -0.2) is 9.98 Å². The topological polar surface area (TPSA) is 77.9 Å². The highest BCUT2D eigenvalue weighted by molar-refractivity contribution is 7.13. The molecule has 0 unspecified atom stereocenters. The van der Waals surface area contributed by atoms with Gasteiger partial charge in [-0.05, 0) is 13.8 Å². The maximum absolute atomic E-state index is 11.6. The van der Waals surface area contributed by atoms with Crippen molar-refractivity contribution in [2.45, 2.75) is 13.8 Å². The van der Waals surface area contributed by atoms with Crippen molar-refractivity contribution in [1.29, 1.82) is 0 Å². The number of carbonyl (C=O) groups is 2. The molecule has 0 fully saturated rings. The van der Waals surface area contributed by atoms with Gasteiger partial charge < -0.3 is 9.47 Å². The fraction of sp³-hybridized carbons (Fsp3) is 0.455. The third-order valence-corrected chi connectivity index (χ3v) is 2.51. The average molecular weight is 270 g/mol. The first kappa shape index (κ1) is 14.3. The highest BCUT2D eigenvalue weighted by Gasteiger charge is 2.27. The van der Waals surface area contributed by atoms with Crippen LogP contribution < -0.4 is 0 Å². The van der Waals surface area contributed by atoms with E-state index in [9.17, 15) is 9.59 Å². The lowest BCUT2D eigenvalue weighted by Crippen LogP contribution is -2.29. The molecule has 0 aromatic carbocycles. The molecule has 1 rings (SSSR count). The third kappa shape index (κ3) is 4.25. The molecule has 0 bridgehead atoms. The third-order valence-electron chi connectivity index (χ3n) is 1.83. The first-order chi connectivity index (χ1) is 8.69. The minimum absolute atomic E-state index is 0.194. The summed E-state index contributed by atoms with van der Waals surface area (Å²) in [5, 5.41) is 2.21. The van der Waals surface area contributed by atoms with Crippen LogP contribution in [0.25, 0.3) is 0 Å². The number of aromatic nitrogens is 1. The van der Waals surface area contributed by atoms with Crippen LogP contribution in [0.5, 0.6) is 0 Å². The number of esters is 2. The summed E-state index contributed by atoms with van der Waals surface area (Å²) in [6.45, 7) is 3.72. The maximum Gasteiger partial charge on any atom is 0.325 e. The van der Waals surface area contributed by atoms with E-state index in [1.165, 1.54) is 17.6 Å². The Bertz CT molecular complexity index is 399. The van der Waals surface area contributed by atoms with Gasteiger partial charge in [-0.3, -0.25) is 9.59 Å². The predicted molar refractivity (Wildman–Crippen MR) is 67.0 cm³/mol. The predicted octanol–water partition coefficient (Wildman–Crippen LogP) is 1.59. The monoisotopic (exact) mass is 270 g/mol. The molecule has 98 valence electrons. The van der Waals surface area contributed by atoms with Gasteiger partial charge in [0, 0.05) is 17.8 Å². The second-order valence-corrected chi connectivity index (χ2v) is 3.95. The standard InChI is InChI=1S/C11H14N2O4S/c1-3-16-9(14)8(10(15)17-4-2)7-13-11-12-5-6-18-11/h5-8H,3-4H2,1-2H3. The molecule has 6 nitrogen and oxygen atoms in total. The van der Waals surface area contributed by atoms with Gasteiger partial charge in [-0.1, -0.05) is 0 Å². The van der Waals surface area contributed by atoms with E-state index in [0.717, 1.165) is 0 Å². The molecule has 0 saturated heterocycles. The zero-order chi connectivity index (χ0) is 13.4. The molecule has 0 aliphatic carbocycles.